The number of nitrogens with one attached hydrogen (secondary N) is 2. The number of allylic oxidation sites excluding steroid dienone is 4. The summed E-state index contributed by atoms with van der Waals surface area (Å²) in [5, 5.41) is 10.9. The Morgan fingerprint density at radius 3 is 2.73 bits per heavy atom. The van der Waals surface area contributed by atoms with E-state index in [0.29, 0.717) is 38.0 Å². The molecule has 1 aliphatic rings. The Hall–Kier alpha value is -3.86. The van der Waals surface area contributed by atoms with Crippen molar-refractivity contribution in [2.24, 2.45) is 5.92 Å². The van der Waals surface area contributed by atoms with Crippen LogP contribution in [0.4, 0.5) is 0 Å². The van der Waals surface area contributed by atoms with Gasteiger partial charge >= 0.3 is 0 Å². The average Bonchev–Trinajstić information content (AvgIpc) is 3.45. The number of carbonyl (C=O) groups is 2. The summed E-state index contributed by atoms with van der Waals surface area (Å²) in [7, 11) is 0. The zero-order chi connectivity index (χ0) is 29.0. The highest BCUT2D eigenvalue weighted by Gasteiger charge is 2.21. The number of hydrogen-bond donors (Lipinski definition) is 2. The lowest BCUT2D eigenvalue weighted by molar-refractivity contribution is -0.159. The number of amides is 2. The molecule has 10 nitrogen and oxygen atoms in total. The molecule has 3 aromatic rings. The summed E-state index contributed by atoms with van der Waals surface area (Å²) in [5.74, 6) is 0.609. The number of carbonyl (C=O) groups excluding carboxylic acids is 2. The van der Waals surface area contributed by atoms with Gasteiger partial charge in [0.25, 0.3) is 0 Å². The highest BCUT2D eigenvalue weighted by molar-refractivity contribution is 5.86. The van der Waals surface area contributed by atoms with Gasteiger partial charge in [-0.25, -0.2) is 0 Å². The molecule has 41 heavy (non-hydrogen) atoms. The van der Waals surface area contributed by atoms with E-state index in [1.54, 1.807) is 11.1 Å². The molecule has 2 amide bonds. The van der Waals surface area contributed by atoms with Crippen molar-refractivity contribution < 1.29 is 23.6 Å². The normalized spacial score (nSPS) is 14.8. The number of rotatable bonds is 15. The third kappa shape index (κ3) is 8.81. The topological polar surface area (TPSA) is 119 Å². The standard InChI is InChI=1S/C31H39N5O5/c1-4-39-31(40-5-2)21-36(20-24-8-6-10-27-26(24)9-7-15-33-27)30(38)19-34-29(37)18-32-17-25-16-28(35-41-25)23-13-11-22(3)12-14-23/h6-11,13-16,22,31-32H,4-5,12,17-21H2,1-3H3,(H,34,37). The Labute approximate surface area is 240 Å². The van der Waals surface area contributed by atoms with Crippen molar-refractivity contribution in [1.82, 2.24) is 25.7 Å². The first-order valence-corrected chi connectivity index (χ1v) is 14.1. The van der Waals surface area contributed by atoms with Gasteiger partial charge in [-0.05, 0) is 49.5 Å². The summed E-state index contributed by atoms with van der Waals surface area (Å²) in [6.45, 7) is 7.60. The number of pyridine rings is 1. The highest BCUT2D eigenvalue weighted by Crippen LogP contribution is 2.24. The molecule has 1 aliphatic carbocycles. The van der Waals surface area contributed by atoms with Crippen molar-refractivity contribution in [3.8, 4) is 0 Å². The number of benzene rings is 1. The molecular formula is C31H39N5O5. The van der Waals surface area contributed by atoms with E-state index in [-0.39, 0.29) is 31.4 Å². The van der Waals surface area contributed by atoms with Gasteiger partial charge in [0.05, 0.1) is 31.7 Å². The maximum absolute atomic E-state index is 13.3. The lowest BCUT2D eigenvalue weighted by Crippen LogP contribution is -2.45. The van der Waals surface area contributed by atoms with Gasteiger partial charge in [0.1, 0.15) is 5.69 Å². The first kappa shape index (κ1) is 30.1. The van der Waals surface area contributed by atoms with Crippen LogP contribution in [0.25, 0.3) is 16.5 Å². The van der Waals surface area contributed by atoms with Crippen LogP contribution in [0.2, 0.25) is 0 Å². The molecule has 4 rings (SSSR count). The lowest BCUT2D eigenvalue weighted by Gasteiger charge is -2.28. The van der Waals surface area contributed by atoms with Crippen molar-refractivity contribution >= 4 is 28.3 Å². The minimum atomic E-state index is -0.575. The Balaban J connectivity index is 1.31. The molecule has 2 aromatic heterocycles. The van der Waals surface area contributed by atoms with Gasteiger partial charge in [-0.15, -0.1) is 0 Å². The quantitative estimate of drug-likeness (QED) is 0.269. The van der Waals surface area contributed by atoms with Crippen LogP contribution < -0.4 is 10.6 Å². The second-order valence-electron chi connectivity index (χ2n) is 9.89. The van der Waals surface area contributed by atoms with E-state index < -0.39 is 6.29 Å². The van der Waals surface area contributed by atoms with Crippen LogP contribution in [0, 0.1) is 5.92 Å². The molecule has 218 valence electrons. The molecule has 0 bridgehead atoms. The zero-order valence-electron chi connectivity index (χ0n) is 24.0. The van der Waals surface area contributed by atoms with Crippen LogP contribution in [-0.2, 0) is 32.2 Å². The van der Waals surface area contributed by atoms with Gasteiger partial charge in [0.15, 0.2) is 12.1 Å². The summed E-state index contributed by atoms with van der Waals surface area (Å²) in [4.78, 5) is 31.9. The number of fused-ring (bicyclic) bond motifs is 1. The molecule has 0 spiro atoms. The number of aromatic nitrogens is 2. The third-order valence-electron chi connectivity index (χ3n) is 6.71. The Kier molecular flexibility index (Phi) is 11.2. The molecule has 10 heteroatoms. The van der Waals surface area contributed by atoms with Crippen molar-refractivity contribution in [3.05, 3.63) is 77.8 Å². The molecule has 0 saturated carbocycles. The van der Waals surface area contributed by atoms with Crippen LogP contribution in [0.1, 0.15) is 44.2 Å². The SMILES string of the molecule is CCOC(CN(Cc1cccc2ncccc12)C(=O)CNC(=O)CNCc1cc(C2=CCC(C)C=C2)no1)OCC. The van der Waals surface area contributed by atoms with Gasteiger partial charge < -0.3 is 29.5 Å². The van der Waals surface area contributed by atoms with Crippen LogP contribution in [0.15, 0.2) is 65.3 Å². The van der Waals surface area contributed by atoms with Crippen molar-refractivity contribution in [1.29, 1.82) is 0 Å². The molecule has 2 heterocycles. The van der Waals surface area contributed by atoms with Crippen molar-refractivity contribution in [2.45, 2.75) is 46.6 Å². The highest BCUT2D eigenvalue weighted by atomic mass is 16.7. The van der Waals surface area contributed by atoms with Crippen LogP contribution >= 0.6 is 0 Å². The van der Waals surface area contributed by atoms with E-state index in [2.05, 4.69) is 45.9 Å². The molecule has 0 fully saturated rings. The molecule has 1 unspecified atom stereocenters. The molecule has 0 aliphatic heterocycles. The monoisotopic (exact) mass is 561 g/mol. The smallest absolute Gasteiger partial charge is 0.242 e. The predicted molar refractivity (Wildman–Crippen MR) is 156 cm³/mol. The number of ether oxygens (including phenoxy) is 2. The first-order chi connectivity index (χ1) is 20.0. The maximum atomic E-state index is 13.3. The fraction of sp³-hybridized carbons (Fsp3) is 0.419. The van der Waals surface area contributed by atoms with E-state index in [9.17, 15) is 9.59 Å². The summed E-state index contributed by atoms with van der Waals surface area (Å²) >= 11 is 0. The number of hydrogen-bond acceptors (Lipinski definition) is 8. The molecule has 1 aromatic carbocycles. The van der Waals surface area contributed by atoms with Gasteiger partial charge in [-0.2, -0.15) is 0 Å². The van der Waals surface area contributed by atoms with Crippen molar-refractivity contribution in [2.75, 3.05) is 32.8 Å². The van der Waals surface area contributed by atoms with Crippen molar-refractivity contribution in [3.63, 3.8) is 0 Å². The Bertz CT molecular complexity index is 1360. The van der Waals surface area contributed by atoms with Gasteiger partial charge in [0.2, 0.25) is 11.8 Å². The first-order valence-electron chi connectivity index (χ1n) is 14.1. The summed E-state index contributed by atoms with van der Waals surface area (Å²) in [6, 6.07) is 11.6. The summed E-state index contributed by atoms with van der Waals surface area (Å²) < 4.78 is 16.8. The van der Waals surface area contributed by atoms with Crippen LogP contribution in [-0.4, -0.2) is 66.0 Å². The second-order valence-corrected chi connectivity index (χ2v) is 9.89. The Morgan fingerprint density at radius 2 is 1.98 bits per heavy atom. The third-order valence-corrected chi connectivity index (χ3v) is 6.71. The van der Waals surface area contributed by atoms with Crippen LogP contribution in [0.3, 0.4) is 0 Å². The molecular weight excluding hydrogens is 522 g/mol. The molecule has 1 atom stereocenters. The predicted octanol–water partition coefficient (Wildman–Crippen LogP) is 3.84. The second kappa shape index (κ2) is 15.2. The summed E-state index contributed by atoms with van der Waals surface area (Å²) in [5.41, 5.74) is 3.61. The minimum Gasteiger partial charge on any atom is -0.359 e. The van der Waals surface area contributed by atoms with E-state index in [1.165, 1.54) is 0 Å². The largest absolute Gasteiger partial charge is 0.359 e. The molecule has 0 radical (unpaired) electrons. The lowest BCUT2D eigenvalue weighted by atomic mass is 9.97. The Morgan fingerprint density at radius 1 is 1.15 bits per heavy atom. The average molecular weight is 562 g/mol. The van der Waals surface area contributed by atoms with E-state index in [0.717, 1.165) is 34.2 Å². The zero-order valence-corrected chi connectivity index (χ0v) is 24.0. The number of nitrogens with zero attached hydrogens (tertiary/aromatic N) is 3. The van der Waals surface area contributed by atoms with Crippen LogP contribution in [0.5, 0.6) is 0 Å². The molecule has 2 N–H and O–H groups in total. The van der Waals surface area contributed by atoms with E-state index in [4.69, 9.17) is 14.0 Å². The fourth-order valence-electron chi connectivity index (χ4n) is 4.57. The fourth-order valence-corrected chi connectivity index (χ4v) is 4.57. The van der Waals surface area contributed by atoms with Gasteiger partial charge in [-0.3, -0.25) is 14.6 Å². The van der Waals surface area contributed by atoms with Gasteiger partial charge in [-0.1, -0.05) is 48.5 Å². The van der Waals surface area contributed by atoms with E-state index >= 15 is 0 Å². The minimum absolute atomic E-state index is 0.0267. The molecule has 0 saturated heterocycles. The maximum Gasteiger partial charge on any atom is 0.242 e. The summed E-state index contributed by atoms with van der Waals surface area (Å²) in [6.07, 6.45) is 8.50. The van der Waals surface area contributed by atoms with Gasteiger partial charge in [0, 0.05) is 37.4 Å². The van der Waals surface area contributed by atoms with E-state index in [1.807, 2.05) is 50.2 Å².